The first kappa shape index (κ1) is 8.74. The highest BCUT2D eigenvalue weighted by atomic mass is 127. The Balaban J connectivity index is 3.09. The second kappa shape index (κ2) is 3.14. The Morgan fingerprint density at radius 2 is 2.15 bits per heavy atom. The highest BCUT2D eigenvalue weighted by Gasteiger charge is 2.03. The van der Waals surface area contributed by atoms with Gasteiger partial charge in [-0.2, -0.15) is 0 Å². The molecule has 0 aliphatic rings. The Kier molecular flexibility index (Phi) is 2.11. The van der Waals surface area contributed by atoms with Crippen LogP contribution in [0.15, 0.2) is 29.2 Å². The van der Waals surface area contributed by atoms with Gasteiger partial charge in [0.1, 0.15) is 0 Å². The number of fused-ring (bicyclic) bond motifs is 1. The molecule has 1 aromatic heterocycles. The molecular weight excluding hydrogens is 277 g/mol. The summed E-state index contributed by atoms with van der Waals surface area (Å²) in [5.74, 6) is 0. The molecule has 0 fully saturated rings. The molecule has 0 saturated heterocycles. The highest BCUT2D eigenvalue weighted by molar-refractivity contribution is 14.1. The predicted molar refractivity (Wildman–Crippen MR) is 62.0 cm³/mol. The minimum atomic E-state index is -0.0147. The average molecular weight is 285 g/mol. The van der Waals surface area contributed by atoms with Gasteiger partial charge in [-0.3, -0.25) is 4.79 Å². The van der Waals surface area contributed by atoms with Gasteiger partial charge in [-0.1, -0.05) is 12.1 Å². The van der Waals surface area contributed by atoms with Crippen molar-refractivity contribution in [2.45, 2.75) is 6.92 Å². The number of hydrogen-bond acceptors (Lipinski definition) is 1. The lowest BCUT2D eigenvalue weighted by atomic mass is 10.1. The van der Waals surface area contributed by atoms with Gasteiger partial charge in [0.2, 0.25) is 0 Å². The van der Waals surface area contributed by atoms with Crippen molar-refractivity contribution in [2.24, 2.45) is 0 Å². The maximum absolute atomic E-state index is 11.4. The summed E-state index contributed by atoms with van der Waals surface area (Å²) in [7, 11) is 0. The van der Waals surface area contributed by atoms with E-state index in [0.717, 1.165) is 19.9 Å². The normalized spacial score (nSPS) is 10.6. The third-order valence-corrected chi connectivity index (χ3v) is 2.94. The number of aromatic nitrogens is 1. The molecule has 0 atom stereocenters. The molecule has 0 bridgehead atoms. The van der Waals surface area contributed by atoms with E-state index < -0.39 is 0 Å². The van der Waals surface area contributed by atoms with E-state index in [-0.39, 0.29) is 5.56 Å². The van der Waals surface area contributed by atoms with Crippen LogP contribution in [-0.2, 0) is 0 Å². The van der Waals surface area contributed by atoms with Crippen molar-refractivity contribution in [3.8, 4) is 0 Å². The van der Waals surface area contributed by atoms with Crippen molar-refractivity contribution in [1.29, 1.82) is 0 Å². The lowest BCUT2D eigenvalue weighted by Gasteiger charge is -2.02. The van der Waals surface area contributed by atoms with Gasteiger partial charge in [0.25, 0.3) is 5.56 Å². The molecule has 0 aliphatic carbocycles. The van der Waals surface area contributed by atoms with E-state index in [4.69, 9.17) is 0 Å². The smallest absolute Gasteiger partial charge is 0.255 e. The fourth-order valence-corrected chi connectivity index (χ4v) is 2.32. The van der Waals surface area contributed by atoms with E-state index in [9.17, 15) is 4.79 Å². The van der Waals surface area contributed by atoms with E-state index in [1.807, 2.05) is 25.1 Å². The summed E-state index contributed by atoms with van der Waals surface area (Å²) < 4.78 is 1.09. The van der Waals surface area contributed by atoms with Crippen LogP contribution in [0.5, 0.6) is 0 Å². The van der Waals surface area contributed by atoms with Crippen LogP contribution in [0.3, 0.4) is 0 Å². The molecule has 0 saturated carbocycles. The van der Waals surface area contributed by atoms with Crippen LogP contribution in [0.4, 0.5) is 0 Å². The molecule has 2 rings (SSSR count). The Morgan fingerprint density at radius 3 is 2.85 bits per heavy atom. The topological polar surface area (TPSA) is 32.9 Å². The highest BCUT2D eigenvalue weighted by Crippen LogP contribution is 2.19. The molecule has 1 aromatic carbocycles. The number of hydrogen-bond donors (Lipinski definition) is 1. The molecule has 0 aliphatic heterocycles. The molecule has 3 heteroatoms. The quantitative estimate of drug-likeness (QED) is 0.741. The monoisotopic (exact) mass is 285 g/mol. The van der Waals surface area contributed by atoms with Crippen molar-refractivity contribution >= 4 is 33.4 Å². The maximum atomic E-state index is 11.4. The summed E-state index contributed by atoms with van der Waals surface area (Å²) in [5, 5.41) is 1.83. The number of H-pyrrole nitrogens is 1. The second-order valence-corrected chi connectivity index (χ2v) is 4.13. The molecule has 2 nitrogen and oxygen atoms in total. The Labute approximate surface area is 89.1 Å². The van der Waals surface area contributed by atoms with Gasteiger partial charge in [0.15, 0.2) is 0 Å². The van der Waals surface area contributed by atoms with Gasteiger partial charge < -0.3 is 4.98 Å². The standard InChI is InChI=1S/C10H8INO/c1-6-3-2-4-7-9(6)8(11)5-12-10(7)13/h2-5H,1H3,(H,12,13). The number of aryl methyl sites for hydroxylation is 1. The maximum Gasteiger partial charge on any atom is 0.255 e. The van der Waals surface area contributed by atoms with Gasteiger partial charge >= 0.3 is 0 Å². The summed E-state index contributed by atoms with van der Waals surface area (Å²) in [6.45, 7) is 2.02. The molecule has 0 unspecified atom stereocenters. The summed E-state index contributed by atoms with van der Waals surface area (Å²) in [6, 6.07) is 5.77. The summed E-state index contributed by atoms with van der Waals surface area (Å²) >= 11 is 2.23. The molecule has 0 radical (unpaired) electrons. The van der Waals surface area contributed by atoms with Gasteiger partial charge in [0.05, 0.1) is 0 Å². The van der Waals surface area contributed by atoms with Crippen molar-refractivity contribution in [3.63, 3.8) is 0 Å². The first-order valence-corrected chi connectivity index (χ1v) is 5.04. The van der Waals surface area contributed by atoms with E-state index in [0.29, 0.717) is 0 Å². The third kappa shape index (κ3) is 1.37. The van der Waals surface area contributed by atoms with Crippen molar-refractivity contribution < 1.29 is 0 Å². The molecule has 0 amide bonds. The first-order valence-electron chi connectivity index (χ1n) is 3.96. The number of halogens is 1. The lowest BCUT2D eigenvalue weighted by Crippen LogP contribution is -2.06. The predicted octanol–water partition coefficient (Wildman–Crippen LogP) is 2.44. The van der Waals surface area contributed by atoms with Crippen LogP contribution >= 0.6 is 22.6 Å². The number of aromatic amines is 1. The van der Waals surface area contributed by atoms with Crippen LogP contribution in [0.2, 0.25) is 0 Å². The minimum Gasteiger partial charge on any atom is -0.327 e. The van der Waals surface area contributed by atoms with Crippen LogP contribution < -0.4 is 5.56 Å². The molecule has 2 aromatic rings. The van der Waals surface area contributed by atoms with Crippen LogP contribution in [0.1, 0.15) is 5.56 Å². The van der Waals surface area contributed by atoms with Crippen LogP contribution in [0.25, 0.3) is 10.8 Å². The fourth-order valence-electron chi connectivity index (χ4n) is 1.45. The Bertz CT molecular complexity index is 508. The molecule has 0 spiro atoms. The average Bonchev–Trinajstić information content (AvgIpc) is 2.12. The second-order valence-electron chi connectivity index (χ2n) is 2.96. The fraction of sp³-hybridized carbons (Fsp3) is 0.100. The van der Waals surface area contributed by atoms with Gasteiger partial charge in [-0.25, -0.2) is 0 Å². The van der Waals surface area contributed by atoms with E-state index >= 15 is 0 Å². The third-order valence-electron chi connectivity index (χ3n) is 2.09. The molecule has 1 N–H and O–H groups in total. The van der Waals surface area contributed by atoms with Crippen LogP contribution in [-0.4, -0.2) is 4.98 Å². The van der Waals surface area contributed by atoms with Gasteiger partial charge in [-0.05, 0) is 41.1 Å². The molecule has 13 heavy (non-hydrogen) atoms. The molecular formula is C10H8INO. The minimum absolute atomic E-state index is 0.0147. The summed E-state index contributed by atoms with van der Waals surface area (Å²) in [5.41, 5.74) is 1.13. The first-order chi connectivity index (χ1) is 6.20. The van der Waals surface area contributed by atoms with Gasteiger partial charge in [0, 0.05) is 20.5 Å². The zero-order chi connectivity index (χ0) is 9.42. The lowest BCUT2D eigenvalue weighted by molar-refractivity contribution is 1.26. The number of pyridine rings is 1. The van der Waals surface area contributed by atoms with Crippen molar-refractivity contribution in [1.82, 2.24) is 4.98 Å². The zero-order valence-electron chi connectivity index (χ0n) is 7.10. The molecule has 1 heterocycles. The van der Waals surface area contributed by atoms with Gasteiger partial charge in [-0.15, -0.1) is 0 Å². The number of nitrogens with one attached hydrogen (secondary N) is 1. The van der Waals surface area contributed by atoms with Crippen molar-refractivity contribution in [3.05, 3.63) is 43.9 Å². The summed E-state index contributed by atoms with van der Waals surface area (Å²) in [6.07, 6.45) is 1.75. The summed E-state index contributed by atoms with van der Waals surface area (Å²) in [4.78, 5) is 14.1. The van der Waals surface area contributed by atoms with Crippen LogP contribution in [0, 0.1) is 10.5 Å². The number of rotatable bonds is 0. The largest absolute Gasteiger partial charge is 0.327 e. The zero-order valence-corrected chi connectivity index (χ0v) is 9.25. The number of benzene rings is 1. The Morgan fingerprint density at radius 1 is 1.38 bits per heavy atom. The van der Waals surface area contributed by atoms with E-state index in [2.05, 4.69) is 27.6 Å². The van der Waals surface area contributed by atoms with E-state index in [1.54, 1.807) is 6.20 Å². The van der Waals surface area contributed by atoms with E-state index in [1.165, 1.54) is 0 Å². The Hall–Kier alpha value is -0.840. The van der Waals surface area contributed by atoms with Crippen molar-refractivity contribution in [2.75, 3.05) is 0 Å². The molecule has 66 valence electrons. The SMILES string of the molecule is Cc1cccc2c(=O)[nH]cc(I)c12.